The van der Waals surface area contributed by atoms with Gasteiger partial charge in [-0.05, 0) is 31.2 Å². The largest absolute Gasteiger partial charge is 0.453 e. The van der Waals surface area contributed by atoms with Crippen LogP contribution in [0.1, 0.15) is 39.1 Å². The summed E-state index contributed by atoms with van der Waals surface area (Å²) < 4.78 is 5.20. The van der Waals surface area contributed by atoms with Gasteiger partial charge < -0.3 is 10.1 Å². The van der Waals surface area contributed by atoms with Crippen molar-refractivity contribution < 1.29 is 19.1 Å². The van der Waals surface area contributed by atoms with Gasteiger partial charge in [-0.1, -0.05) is 37.3 Å². The van der Waals surface area contributed by atoms with E-state index in [1.807, 2.05) is 30.3 Å². The molecule has 29 heavy (non-hydrogen) atoms. The van der Waals surface area contributed by atoms with Crippen molar-refractivity contribution in [3.8, 4) is 10.6 Å². The number of ether oxygens (including phenoxy) is 1. The quantitative estimate of drug-likeness (QED) is 0.459. The zero-order valence-corrected chi connectivity index (χ0v) is 16.9. The zero-order chi connectivity index (χ0) is 20.8. The number of amides is 1. The summed E-state index contributed by atoms with van der Waals surface area (Å²) in [6, 6.07) is 16.0. The molecule has 2 aromatic carbocycles. The number of thiazole rings is 1. The third-order valence-corrected chi connectivity index (χ3v) is 5.34. The standard InChI is InChI=1S/C22H20N2O4S/c1-3-19(26)24-17-11-9-15(10-12-17)18(25)13-28-22(27)20-14(2)23-21(29-20)16-7-5-4-6-8-16/h4-12H,3,13H2,1-2H3,(H,24,26). The number of aryl methyl sites for hydroxylation is 1. The number of hydrogen-bond donors (Lipinski definition) is 1. The predicted molar refractivity (Wildman–Crippen MR) is 112 cm³/mol. The molecule has 0 atom stereocenters. The SMILES string of the molecule is CCC(=O)Nc1ccc(C(=O)COC(=O)c2sc(-c3ccccc3)nc2C)cc1. The first-order valence-corrected chi connectivity index (χ1v) is 9.92. The Balaban J connectivity index is 1.61. The van der Waals surface area contributed by atoms with Crippen LogP contribution >= 0.6 is 11.3 Å². The minimum absolute atomic E-state index is 0.104. The Labute approximate surface area is 172 Å². The molecule has 6 nitrogen and oxygen atoms in total. The molecule has 1 amide bonds. The van der Waals surface area contributed by atoms with Crippen LogP contribution in [0.25, 0.3) is 10.6 Å². The highest BCUT2D eigenvalue weighted by Gasteiger charge is 2.19. The summed E-state index contributed by atoms with van der Waals surface area (Å²) in [5.74, 6) is -0.993. The summed E-state index contributed by atoms with van der Waals surface area (Å²) in [4.78, 5) is 40.9. The van der Waals surface area contributed by atoms with E-state index in [2.05, 4.69) is 10.3 Å². The van der Waals surface area contributed by atoms with Crippen LogP contribution in [0.5, 0.6) is 0 Å². The molecule has 0 saturated carbocycles. The van der Waals surface area contributed by atoms with E-state index in [1.165, 1.54) is 11.3 Å². The normalized spacial score (nSPS) is 10.4. The molecule has 3 aromatic rings. The Bertz CT molecular complexity index is 1030. The summed E-state index contributed by atoms with van der Waals surface area (Å²) in [5.41, 5.74) is 2.51. The van der Waals surface area contributed by atoms with Gasteiger partial charge in [0.05, 0.1) is 5.69 Å². The number of benzene rings is 2. The van der Waals surface area contributed by atoms with Crippen LogP contribution in [-0.2, 0) is 9.53 Å². The fraction of sp³-hybridized carbons (Fsp3) is 0.182. The van der Waals surface area contributed by atoms with Gasteiger partial charge in [0.1, 0.15) is 9.88 Å². The predicted octanol–water partition coefficient (Wildman–Crippen LogP) is 4.51. The highest BCUT2D eigenvalue weighted by molar-refractivity contribution is 7.17. The van der Waals surface area contributed by atoms with Crippen molar-refractivity contribution in [3.63, 3.8) is 0 Å². The molecule has 0 unspecified atom stereocenters. The van der Waals surface area contributed by atoms with Crippen molar-refractivity contribution >= 4 is 34.7 Å². The summed E-state index contributed by atoms with van der Waals surface area (Å²) in [7, 11) is 0. The average Bonchev–Trinajstić information content (AvgIpc) is 3.14. The number of ketones is 1. The van der Waals surface area contributed by atoms with Crippen LogP contribution in [0, 0.1) is 6.92 Å². The lowest BCUT2D eigenvalue weighted by molar-refractivity contribution is -0.115. The van der Waals surface area contributed by atoms with E-state index in [-0.39, 0.29) is 18.3 Å². The highest BCUT2D eigenvalue weighted by Crippen LogP contribution is 2.28. The summed E-state index contributed by atoms with van der Waals surface area (Å²) in [6.45, 7) is 3.14. The molecule has 0 saturated heterocycles. The van der Waals surface area contributed by atoms with Crippen LogP contribution in [0.15, 0.2) is 54.6 Å². The second-order valence-electron chi connectivity index (χ2n) is 6.28. The van der Waals surface area contributed by atoms with Crippen LogP contribution in [0.4, 0.5) is 5.69 Å². The van der Waals surface area contributed by atoms with E-state index in [0.717, 1.165) is 10.6 Å². The van der Waals surface area contributed by atoms with Crippen LogP contribution in [0.2, 0.25) is 0 Å². The lowest BCUT2D eigenvalue weighted by Gasteiger charge is -2.06. The minimum Gasteiger partial charge on any atom is -0.453 e. The van der Waals surface area contributed by atoms with E-state index in [9.17, 15) is 14.4 Å². The summed E-state index contributed by atoms with van der Waals surface area (Å²) in [6.07, 6.45) is 0.375. The Kier molecular flexibility index (Phi) is 6.51. The van der Waals surface area contributed by atoms with Crippen LogP contribution < -0.4 is 5.32 Å². The Morgan fingerprint density at radius 1 is 1.03 bits per heavy atom. The van der Waals surface area contributed by atoms with Gasteiger partial charge in [0.15, 0.2) is 12.4 Å². The molecule has 0 aliphatic rings. The van der Waals surface area contributed by atoms with Crippen molar-refractivity contribution in [2.45, 2.75) is 20.3 Å². The zero-order valence-electron chi connectivity index (χ0n) is 16.1. The molecule has 1 heterocycles. The molecule has 0 fully saturated rings. The van der Waals surface area contributed by atoms with Crippen molar-refractivity contribution in [1.82, 2.24) is 4.98 Å². The van der Waals surface area contributed by atoms with Crippen LogP contribution in [-0.4, -0.2) is 29.3 Å². The van der Waals surface area contributed by atoms with Gasteiger partial charge in [-0.15, -0.1) is 11.3 Å². The summed E-state index contributed by atoms with van der Waals surface area (Å²) >= 11 is 1.24. The van der Waals surface area contributed by atoms with Gasteiger partial charge >= 0.3 is 5.97 Å². The first-order chi connectivity index (χ1) is 14.0. The monoisotopic (exact) mass is 408 g/mol. The van der Waals surface area contributed by atoms with E-state index < -0.39 is 5.97 Å². The highest BCUT2D eigenvalue weighted by atomic mass is 32.1. The van der Waals surface area contributed by atoms with E-state index >= 15 is 0 Å². The fourth-order valence-electron chi connectivity index (χ4n) is 2.56. The topological polar surface area (TPSA) is 85.4 Å². The molecule has 0 bridgehead atoms. The molecule has 1 N–H and O–H groups in total. The number of nitrogens with one attached hydrogen (secondary N) is 1. The maximum Gasteiger partial charge on any atom is 0.350 e. The molecule has 0 spiro atoms. The third-order valence-electron chi connectivity index (χ3n) is 4.15. The second kappa shape index (κ2) is 9.25. The Morgan fingerprint density at radius 3 is 2.38 bits per heavy atom. The molecular formula is C22H20N2O4S. The number of nitrogens with zero attached hydrogens (tertiary/aromatic N) is 1. The minimum atomic E-state index is -0.567. The van der Waals surface area contributed by atoms with Gasteiger partial charge in [-0.3, -0.25) is 9.59 Å². The van der Waals surface area contributed by atoms with Crippen molar-refractivity contribution in [2.75, 3.05) is 11.9 Å². The molecule has 148 valence electrons. The lowest BCUT2D eigenvalue weighted by Crippen LogP contribution is -2.14. The average molecular weight is 408 g/mol. The number of esters is 1. The molecule has 3 rings (SSSR count). The molecule has 0 aliphatic heterocycles. The van der Waals surface area contributed by atoms with E-state index in [1.54, 1.807) is 38.1 Å². The third kappa shape index (κ3) is 5.14. The fourth-order valence-corrected chi connectivity index (χ4v) is 3.52. The van der Waals surface area contributed by atoms with Crippen molar-refractivity contribution in [2.24, 2.45) is 0 Å². The number of anilines is 1. The molecule has 0 aliphatic carbocycles. The molecular weight excluding hydrogens is 388 g/mol. The number of rotatable bonds is 7. The summed E-state index contributed by atoms with van der Waals surface area (Å²) in [5, 5.41) is 3.44. The van der Waals surface area contributed by atoms with E-state index in [0.29, 0.717) is 28.2 Å². The number of carbonyl (C=O) groups is 3. The maximum absolute atomic E-state index is 12.4. The number of hydrogen-bond acceptors (Lipinski definition) is 6. The van der Waals surface area contributed by atoms with Gasteiger partial charge in [-0.2, -0.15) is 0 Å². The lowest BCUT2D eigenvalue weighted by atomic mass is 10.1. The van der Waals surface area contributed by atoms with E-state index in [4.69, 9.17) is 4.74 Å². The Hall–Kier alpha value is -3.32. The van der Waals surface area contributed by atoms with Crippen molar-refractivity contribution in [3.05, 3.63) is 70.7 Å². The first-order valence-electron chi connectivity index (χ1n) is 9.11. The van der Waals surface area contributed by atoms with Gasteiger partial charge in [0.25, 0.3) is 0 Å². The molecule has 7 heteroatoms. The van der Waals surface area contributed by atoms with Gasteiger partial charge in [0, 0.05) is 23.2 Å². The molecule has 1 aromatic heterocycles. The maximum atomic E-state index is 12.4. The van der Waals surface area contributed by atoms with Crippen molar-refractivity contribution in [1.29, 1.82) is 0 Å². The van der Waals surface area contributed by atoms with Crippen LogP contribution in [0.3, 0.4) is 0 Å². The number of aromatic nitrogens is 1. The number of carbonyl (C=O) groups excluding carboxylic acids is 3. The van der Waals surface area contributed by atoms with Gasteiger partial charge in [0.2, 0.25) is 5.91 Å². The molecule has 0 radical (unpaired) electrons. The number of Topliss-reactive ketones (excluding diaryl/α,β-unsaturated/α-hetero) is 1. The first kappa shape index (κ1) is 20.4. The second-order valence-corrected chi connectivity index (χ2v) is 7.28. The Morgan fingerprint density at radius 2 is 1.72 bits per heavy atom. The smallest absolute Gasteiger partial charge is 0.350 e. The van der Waals surface area contributed by atoms with Gasteiger partial charge in [-0.25, -0.2) is 9.78 Å².